The summed E-state index contributed by atoms with van der Waals surface area (Å²) >= 11 is 0. The van der Waals surface area contributed by atoms with Crippen LogP contribution in [0.3, 0.4) is 0 Å². The number of carbonyl (C=O) groups excluding carboxylic acids is 3. The van der Waals surface area contributed by atoms with Crippen molar-refractivity contribution >= 4 is 17.8 Å². The predicted octanol–water partition coefficient (Wildman–Crippen LogP) is 3.93. The molecular weight excluding hydrogens is 402 g/mol. The van der Waals surface area contributed by atoms with Gasteiger partial charge in [-0.15, -0.1) is 0 Å². The quantitative estimate of drug-likeness (QED) is 0.321. The zero-order chi connectivity index (χ0) is 22.1. The van der Waals surface area contributed by atoms with Crippen LogP contribution in [0.2, 0.25) is 0 Å². The molecule has 2 aromatic rings. The first-order valence-corrected chi connectivity index (χ1v) is 11.3. The molecule has 0 radical (unpaired) electrons. The number of hydrogen-bond acceptors (Lipinski definition) is 4. The number of hydrogen-bond donors (Lipinski definition) is 0. The molecule has 2 bridgehead atoms. The topological polar surface area (TPSA) is 63.7 Å². The highest BCUT2D eigenvalue weighted by Crippen LogP contribution is 2.65. The van der Waals surface area contributed by atoms with Crippen molar-refractivity contribution in [2.24, 2.45) is 35.5 Å². The Morgan fingerprint density at radius 2 is 1.50 bits per heavy atom. The number of allylic oxidation sites excluding steroid dienone is 2. The highest BCUT2D eigenvalue weighted by Gasteiger charge is 2.67. The van der Waals surface area contributed by atoms with Crippen LogP contribution in [0.25, 0.3) is 11.1 Å². The number of amides is 2. The van der Waals surface area contributed by atoms with Gasteiger partial charge >= 0.3 is 5.97 Å². The van der Waals surface area contributed by atoms with Gasteiger partial charge in [0, 0.05) is 0 Å². The maximum absolute atomic E-state index is 13.0. The number of nitrogens with zero attached hydrogens (tertiary/aromatic N) is 1. The predicted molar refractivity (Wildman–Crippen MR) is 118 cm³/mol. The molecule has 0 N–H and O–H groups in total. The molecule has 5 heteroatoms. The van der Waals surface area contributed by atoms with Crippen molar-refractivity contribution in [1.29, 1.82) is 0 Å². The Hall–Kier alpha value is -3.21. The lowest BCUT2D eigenvalue weighted by Gasteiger charge is -2.37. The summed E-state index contributed by atoms with van der Waals surface area (Å²) in [5.74, 6) is 0.296. The third-order valence-corrected chi connectivity index (χ3v) is 7.82. The molecule has 7 rings (SSSR count). The molecule has 1 aliphatic heterocycles. The number of benzene rings is 2. The van der Waals surface area contributed by atoms with Crippen LogP contribution in [0.15, 0.2) is 54.6 Å². The number of aryl methyl sites for hydroxylation is 2. The zero-order valence-corrected chi connectivity index (χ0v) is 18.2. The molecule has 4 aliphatic carbocycles. The fraction of sp³-hybridized carbons (Fsp3) is 0.370. The Bertz CT molecular complexity index is 1140. The number of imide groups is 1. The molecule has 3 fully saturated rings. The fourth-order valence-corrected chi connectivity index (χ4v) is 6.15. The zero-order valence-electron chi connectivity index (χ0n) is 18.2. The molecule has 32 heavy (non-hydrogen) atoms. The average Bonchev–Trinajstić information content (AvgIpc) is 3.57. The van der Waals surface area contributed by atoms with E-state index in [1.54, 1.807) is 6.07 Å². The van der Waals surface area contributed by atoms with E-state index in [0.29, 0.717) is 17.6 Å². The van der Waals surface area contributed by atoms with Gasteiger partial charge in [-0.3, -0.25) is 14.5 Å². The van der Waals surface area contributed by atoms with Gasteiger partial charge in [0.25, 0.3) is 0 Å². The number of carbonyl (C=O) groups is 3. The average molecular weight is 428 g/mol. The second-order valence-electron chi connectivity index (χ2n) is 9.74. The summed E-state index contributed by atoms with van der Waals surface area (Å²) in [5.41, 5.74) is 4.15. The number of rotatable bonds is 4. The van der Waals surface area contributed by atoms with E-state index in [4.69, 9.17) is 4.74 Å². The van der Waals surface area contributed by atoms with Gasteiger partial charge in [0.2, 0.25) is 11.8 Å². The minimum Gasteiger partial charge on any atom is -0.425 e. The molecule has 2 amide bonds. The molecule has 1 saturated heterocycles. The summed E-state index contributed by atoms with van der Waals surface area (Å²) < 4.78 is 5.57. The van der Waals surface area contributed by atoms with E-state index in [1.807, 2.05) is 26.0 Å². The summed E-state index contributed by atoms with van der Waals surface area (Å²) in [6.45, 7) is 3.61. The van der Waals surface area contributed by atoms with Crippen molar-refractivity contribution in [2.75, 3.05) is 6.54 Å². The van der Waals surface area contributed by atoms with Crippen LogP contribution in [0.5, 0.6) is 5.75 Å². The lowest BCUT2D eigenvalue weighted by Crippen LogP contribution is -2.40. The summed E-state index contributed by atoms with van der Waals surface area (Å²) in [6.07, 6.45) is 5.38. The Balaban J connectivity index is 1.16. The van der Waals surface area contributed by atoms with Gasteiger partial charge in [-0.1, -0.05) is 48.0 Å². The van der Waals surface area contributed by atoms with Gasteiger partial charge in [-0.05, 0) is 72.8 Å². The Kier molecular flexibility index (Phi) is 4.19. The fourth-order valence-electron chi connectivity index (χ4n) is 6.15. The van der Waals surface area contributed by atoms with E-state index in [1.165, 1.54) is 5.56 Å². The van der Waals surface area contributed by atoms with Crippen molar-refractivity contribution in [3.05, 3.63) is 65.7 Å². The summed E-state index contributed by atoms with van der Waals surface area (Å²) in [7, 11) is 0. The third kappa shape index (κ3) is 2.87. The SMILES string of the molecule is Cc1ccc(-c2ccc(OC(=O)CN3C(=O)[C@@H]4[C@@H]5C=C[C@H]([C@H]6C[C@H]56)[C@@H]4C3=O)c(C)c2)cc1. The van der Waals surface area contributed by atoms with Crippen molar-refractivity contribution in [3.8, 4) is 16.9 Å². The molecular formula is C27H25NO4. The van der Waals surface area contributed by atoms with Crippen LogP contribution in [-0.2, 0) is 14.4 Å². The Morgan fingerprint density at radius 1 is 0.906 bits per heavy atom. The monoisotopic (exact) mass is 427 g/mol. The number of esters is 1. The molecule has 0 spiro atoms. The van der Waals surface area contributed by atoms with E-state index in [0.717, 1.165) is 28.0 Å². The molecule has 0 aromatic heterocycles. The molecule has 6 atom stereocenters. The maximum atomic E-state index is 13.0. The van der Waals surface area contributed by atoms with Crippen molar-refractivity contribution in [3.63, 3.8) is 0 Å². The van der Waals surface area contributed by atoms with E-state index in [2.05, 4.69) is 36.4 Å². The van der Waals surface area contributed by atoms with Crippen LogP contribution >= 0.6 is 0 Å². The molecule has 2 aromatic carbocycles. The van der Waals surface area contributed by atoms with Gasteiger partial charge in [-0.25, -0.2) is 4.79 Å². The smallest absolute Gasteiger partial charge is 0.331 e. The van der Waals surface area contributed by atoms with Gasteiger partial charge in [0.05, 0.1) is 11.8 Å². The van der Waals surface area contributed by atoms with Crippen molar-refractivity contribution < 1.29 is 19.1 Å². The van der Waals surface area contributed by atoms with Crippen molar-refractivity contribution in [2.45, 2.75) is 20.3 Å². The second-order valence-corrected chi connectivity index (χ2v) is 9.74. The number of likely N-dealkylation sites (tertiary alicyclic amines) is 1. The van der Waals surface area contributed by atoms with Crippen LogP contribution in [0.4, 0.5) is 0 Å². The van der Waals surface area contributed by atoms with Crippen LogP contribution < -0.4 is 4.74 Å². The summed E-state index contributed by atoms with van der Waals surface area (Å²) in [6, 6.07) is 13.9. The molecule has 162 valence electrons. The molecule has 1 heterocycles. The molecule has 0 unspecified atom stereocenters. The molecule has 5 aliphatic rings. The van der Waals surface area contributed by atoms with E-state index in [-0.39, 0.29) is 42.0 Å². The summed E-state index contributed by atoms with van der Waals surface area (Å²) in [5, 5.41) is 0. The minimum atomic E-state index is -0.581. The van der Waals surface area contributed by atoms with Crippen LogP contribution in [0, 0.1) is 49.4 Å². The van der Waals surface area contributed by atoms with E-state index in [9.17, 15) is 14.4 Å². The number of ether oxygens (including phenoxy) is 1. The first kappa shape index (κ1) is 19.5. The summed E-state index contributed by atoms with van der Waals surface area (Å²) in [4.78, 5) is 39.9. The third-order valence-electron chi connectivity index (χ3n) is 7.82. The van der Waals surface area contributed by atoms with E-state index >= 15 is 0 Å². The maximum Gasteiger partial charge on any atom is 0.331 e. The van der Waals surface area contributed by atoms with Gasteiger partial charge in [-0.2, -0.15) is 0 Å². The van der Waals surface area contributed by atoms with Crippen LogP contribution in [0.1, 0.15) is 17.5 Å². The van der Waals surface area contributed by atoms with Crippen molar-refractivity contribution in [1.82, 2.24) is 4.90 Å². The standard InChI is InChI=1S/C27H25NO4/c1-14-3-5-16(6-4-14)17-7-10-22(15(2)11-17)32-23(29)13-28-26(30)24-18-8-9-19(21-12-20(18)21)25(24)27(28)31/h3-11,18-21,24-25H,12-13H2,1-2H3/t18-,19-,20-,21-,24-,25+/m1/s1. The largest absolute Gasteiger partial charge is 0.425 e. The lowest BCUT2D eigenvalue weighted by molar-refractivity contribution is -0.148. The Morgan fingerprint density at radius 3 is 2.09 bits per heavy atom. The molecule has 2 saturated carbocycles. The van der Waals surface area contributed by atoms with E-state index < -0.39 is 5.97 Å². The Labute approximate surface area is 187 Å². The first-order valence-electron chi connectivity index (χ1n) is 11.3. The van der Waals surface area contributed by atoms with Gasteiger partial charge in [0.15, 0.2) is 0 Å². The van der Waals surface area contributed by atoms with Crippen LogP contribution in [-0.4, -0.2) is 29.2 Å². The van der Waals surface area contributed by atoms with Gasteiger partial charge in [0.1, 0.15) is 12.3 Å². The molecule has 5 nitrogen and oxygen atoms in total. The normalized spacial score (nSPS) is 31.5. The second kappa shape index (κ2) is 6.89. The lowest BCUT2D eigenvalue weighted by atomic mass is 9.63. The van der Waals surface area contributed by atoms with Gasteiger partial charge < -0.3 is 4.74 Å². The highest BCUT2D eigenvalue weighted by molar-refractivity contribution is 6.08. The first-order chi connectivity index (χ1) is 15.4. The highest BCUT2D eigenvalue weighted by atomic mass is 16.5. The minimum absolute atomic E-state index is 0.157.